The lowest BCUT2D eigenvalue weighted by Crippen LogP contribution is -2.36. The third-order valence-corrected chi connectivity index (χ3v) is 5.95. The van der Waals surface area contributed by atoms with Gasteiger partial charge in [0, 0.05) is 26.2 Å². The Morgan fingerprint density at radius 1 is 1.05 bits per heavy atom. The molecule has 6 nitrogen and oxygen atoms in total. The fourth-order valence-corrected chi connectivity index (χ4v) is 4.42. The lowest BCUT2D eigenvalue weighted by Gasteiger charge is -2.30. The second-order valence-electron chi connectivity index (χ2n) is 5.43. The second-order valence-corrected chi connectivity index (χ2v) is 7.37. The molecule has 0 bridgehead atoms. The molecule has 0 spiro atoms. The van der Waals surface area contributed by atoms with E-state index in [0.29, 0.717) is 36.9 Å². The summed E-state index contributed by atoms with van der Waals surface area (Å²) in [6.45, 7) is 4.12. The fraction of sp³-hybridized carbons (Fsp3) is 0.571. The quantitative estimate of drug-likeness (QED) is 0.839. The highest BCUT2D eigenvalue weighted by atomic mass is 32.2. The number of morpholine rings is 1. The van der Waals surface area contributed by atoms with E-state index in [-0.39, 0.29) is 0 Å². The Labute approximate surface area is 125 Å². The van der Waals surface area contributed by atoms with Gasteiger partial charge in [0.2, 0.25) is 10.0 Å². The van der Waals surface area contributed by atoms with Gasteiger partial charge < -0.3 is 15.4 Å². The van der Waals surface area contributed by atoms with Crippen LogP contribution in [0.1, 0.15) is 12.8 Å². The van der Waals surface area contributed by atoms with Crippen molar-refractivity contribution < 1.29 is 13.2 Å². The summed E-state index contributed by atoms with van der Waals surface area (Å²) < 4.78 is 31.9. The number of nitrogen functional groups attached to an aromatic ring is 1. The van der Waals surface area contributed by atoms with Gasteiger partial charge >= 0.3 is 0 Å². The van der Waals surface area contributed by atoms with E-state index in [9.17, 15) is 8.42 Å². The molecule has 2 fully saturated rings. The summed E-state index contributed by atoms with van der Waals surface area (Å²) in [5.74, 6) is 0. The molecule has 0 amide bonds. The van der Waals surface area contributed by atoms with Crippen LogP contribution in [0.3, 0.4) is 0 Å². The Hall–Kier alpha value is -1.31. The minimum atomic E-state index is -3.40. The van der Waals surface area contributed by atoms with Crippen LogP contribution >= 0.6 is 0 Å². The number of anilines is 2. The summed E-state index contributed by atoms with van der Waals surface area (Å²) in [5.41, 5.74) is 7.48. The van der Waals surface area contributed by atoms with Gasteiger partial charge in [-0.2, -0.15) is 4.31 Å². The van der Waals surface area contributed by atoms with Crippen LogP contribution in [0.15, 0.2) is 23.1 Å². The van der Waals surface area contributed by atoms with Gasteiger partial charge in [0.1, 0.15) is 0 Å². The van der Waals surface area contributed by atoms with E-state index in [1.807, 2.05) is 6.07 Å². The molecule has 0 aliphatic carbocycles. The summed E-state index contributed by atoms with van der Waals surface area (Å²) in [6, 6.07) is 5.05. The van der Waals surface area contributed by atoms with Crippen molar-refractivity contribution in [2.75, 3.05) is 50.0 Å². The van der Waals surface area contributed by atoms with E-state index >= 15 is 0 Å². The maximum Gasteiger partial charge on any atom is 0.243 e. The van der Waals surface area contributed by atoms with Crippen molar-refractivity contribution in [2.24, 2.45) is 0 Å². The molecule has 1 aromatic rings. The predicted octanol–water partition coefficient (Wildman–Crippen LogP) is 0.890. The van der Waals surface area contributed by atoms with Gasteiger partial charge in [-0.05, 0) is 31.0 Å². The highest BCUT2D eigenvalue weighted by Crippen LogP contribution is 2.29. The van der Waals surface area contributed by atoms with Gasteiger partial charge in [-0.1, -0.05) is 0 Å². The van der Waals surface area contributed by atoms with Crippen LogP contribution in [0.4, 0.5) is 11.4 Å². The molecule has 21 heavy (non-hydrogen) atoms. The fourth-order valence-electron chi connectivity index (χ4n) is 2.86. The van der Waals surface area contributed by atoms with Crippen molar-refractivity contribution in [1.82, 2.24) is 4.31 Å². The maximum atomic E-state index is 12.5. The summed E-state index contributed by atoms with van der Waals surface area (Å²) in [5, 5.41) is 0. The number of sulfonamides is 1. The van der Waals surface area contributed by atoms with E-state index in [2.05, 4.69) is 4.90 Å². The Morgan fingerprint density at radius 2 is 1.71 bits per heavy atom. The van der Waals surface area contributed by atoms with Crippen LogP contribution in [-0.4, -0.2) is 52.1 Å². The first-order valence-electron chi connectivity index (χ1n) is 7.31. The van der Waals surface area contributed by atoms with E-state index in [0.717, 1.165) is 31.6 Å². The lowest BCUT2D eigenvalue weighted by atomic mass is 10.2. The van der Waals surface area contributed by atoms with Crippen LogP contribution in [0, 0.1) is 0 Å². The molecule has 1 aromatic carbocycles. The second kappa shape index (κ2) is 5.82. The zero-order valence-electron chi connectivity index (χ0n) is 12.0. The summed E-state index contributed by atoms with van der Waals surface area (Å²) in [7, 11) is -3.40. The number of hydrogen-bond acceptors (Lipinski definition) is 5. The van der Waals surface area contributed by atoms with Gasteiger partial charge in [0.25, 0.3) is 0 Å². The smallest absolute Gasteiger partial charge is 0.243 e. The Balaban J connectivity index is 1.86. The third-order valence-electron chi connectivity index (χ3n) is 4.05. The number of rotatable bonds is 3. The first-order chi connectivity index (χ1) is 10.1. The molecule has 2 saturated heterocycles. The van der Waals surface area contributed by atoms with Crippen LogP contribution in [0.2, 0.25) is 0 Å². The monoisotopic (exact) mass is 311 g/mol. The van der Waals surface area contributed by atoms with Gasteiger partial charge in [-0.15, -0.1) is 0 Å². The topological polar surface area (TPSA) is 75.9 Å². The molecule has 2 N–H and O–H groups in total. The molecule has 0 atom stereocenters. The number of ether oxygens (including phenoxy) is 1. The summed E-state index contributed by atoms with van der Waals surface area (Å²) in [6.07, 6.45) is 1.86. The SMILES string of the molecule is Nc1cc(S(=O)(=O)N2CCCC2)ccc1N1CCOCC1. The molecule has 2 aliphatic heterocycles. The minimum absolute atomic E-state index is 0.291. The van der Waals surface area contributed by atoms with Crippen LogP contribution in [0.25, 0.3) is 0 Å². The number of hydrogen-bond donors (Lipinski definition) is 1. The molecule has 2 heterocycles. The summed E-state index contributed by atoms with van der Waals surface area (Å²) >= 11 is 0. The number of nitrogens with two attached hydrogens (primary N) is 1. The standard InChI is InChI=1S/C14H21N3O3S/c15-13-11-12(21(18,19)17-5-1-2-6-17)3-4-14(13)16-7-9-20-10-8-16/h3-4,11H,1-2,5-10,15H2. The van der Waals surface area contributed by atoms with Crippen molar-refractivity contribution in [2.45, 2.75) is 17.7 Å². The highest BCUT2D eigenvalue weighted by Gasteiger charge is 2.28. The molecule has 116 valence electrons. The first-order valence-corrected chi connectivity index (χ1v) is 8.75. The molecule has 0 aromatic heterocycles. The van der Waals surface area contributed by atoms with Gasteiger partial charge in [0.15, 0.2) is 0 Å². The van der Waals surface area contributed by atoms with Gasteiger partial charge in [-0.25, -0.2) is 8.42 Å². The molecule has 0 unspecified atom stereocenters. The van der Waals surface area contributed by atoms with Crippen molar-refractivity contribution in [1.29, 1.82) is 0 Å². The molecule has 2 aliphatic rings. The zero-order valence-corrected chi connectivity index (χ0v) is 12.8. The summed E-state index contributed by atoms with van der Waals surface area (Å²) in [4.78, 5) is 2.42. The molecule has 3 rings (SSSR count). The van der Waals surface area contributed by atoms with Crippen LogP contribution in [0.5, 0.6) is 0 Å². The molecule has 7 heteroatoms. The first kappa shape index (κ1) is 14.6. The van der Waals surface area contributed by atoms with Crippen molar-refractivity contribution in [3.8, 4) is 0 Å². The van der Waals surface area contributed by atoms with E-state index in [1.165, 1.54) is 4.31 Å². The van der Waals surface area contributed by atoms with E-state index in [1.54, 1.807) is 12.1 Å². The van der Waals surface area contributed by atoms with E-state index < -0.39 is 10.0 Å². The van der Waals surface area contributed by atoms with E-state index in [4.69, 9.17) is 10.5 Å². The average Bonchev–Trinajstić information content (AvgIpc) is 3.03. The normalized spacial score (nSPS) is 20.9. The Kier molecular flexibility index (Phi) is 4.05. The van der Waals surface area contributed by atoms with Gasteiger partial charge in [0.05, 0.1) is 29.5 Å². The predicted molar refractivity (Wildman–Crippen MR) is 81.9 cm³/mol. The highest BCUT2D eigenvalue weighted by molar-refractivity contribution is 7.89. The largest absolute Gasteiger partial charge is 0.397 e. The Bertz CT molecular complexity index is 606. The average molecular weight is 311 g/mol. The lowest BCUT2D eigenvalue weighted by molar-refractivity contribution is 0.123. The Morgan fingerprint density at radius 3 is 2.33 bits per heavy atom. The van der Waals surface area contributed by atoms with Crippen LogP contribution in [-0.2, 0) is 14.8 Å². The molecule has 0 saturated carbocycles. The third kappa shape index (κ3) is 2.86. The maximum absolute atomic E-state index is 12.5. The van der Waals surface area contributed by atoms with Crippen molar-refractivity contribution in [3.63, 3.8) is 0 Å². The van der Waals surface area contributed by atoms with Crippen LogP contribution < -0.4 is 10.6 Å². The number of nitrogens with zero attached hydrogens (tertiary/aromatic N) is 2. The molecule has 0 radical (unpaired) electrons. The zero-order chi connectivity index (χ0) is 14.9. The molecular formula is C14H21N3O3S. The van der Waals surface area contributed by atoms with Crippen molar-refractivity contribution >= 4 is 21.4 Å². The molecular weight excluding hydrogens is 290 g/mol. The van der Waals surface area contributed by atoms with Crippen molar-refractivity contribution in [3.05, 3.63) is 18.2 Å². The number of benzene rings is 1. The minimum Gasteiger partial charge on any atom is -0.397 e. The van der Waals surface area contributed by atoms with Gasteiger partial charge in [-0.3, -0.25) is 0 Å².